The minimum absolute atomic E-state index is 0.161. The minimum Gasteiger partial charge on any atom is -0.325 e. The molecule has 160 valence electrons. The fraction of sp³-hybridized carbons (Fsp3) is 0.160. The first-order valence-corrected chi connectivity index (χ1v) is 11.4. The summed E-state index contributed by atoms with van der Waals surface area (Å²) < 4.78 is 1.68. The van der Waals surface area contributed by atoms with Crippen LogP contribution in [-0.4, -0.2) is 39.1 Å². The van der Waals surface area contributed by atoms with Gasteiger partial charge >= 0.3 is 0 Å². The van der Waals surface area contributed by atoms with Gasteiger partial charge in [-0.05, 0) is 54.6 Å². The van der Waals surface area contributed by atoms with Crippen LogP contribution in [0.3, 0.4) is 0 Å². The van der Waals surface area contributed by atoms with Gasteiger partial charge < -0.3 is 10.2 Å². The summed E-state index contributed by atoms with van der Waals surface area (Å²) in [7, 11) is 0. The van der Waals surface area contributed by atoms with Crippen molar-refractivity contribution in [2.45, 2.75) is 18.9 Å². The van der Waals surface area contributed by atoms with Crippen molar-refractivity contribution < 1.29 is 9.59 Å². The third-order valence-electron chi connectivity index (χ3n) is 5.56. The first-order chi connectivity index (χ1) is 15.7. The van der Waals surface area contributed by atoms with E-state index in [1.165, 1.54) is 0 Å². The molecule has 0 radical (unpaired) electrons. The fourth-order valence-electron chi connectivity index (χ4n) is 4.02. The number of hydrogen-bond acceptors (Lipinski definition) is 4. The van der Waals surface area contributed by atoms with Crippen molar-refractivity contribution in [1.29, 1.82) is 0 Å². The summed E-state index contributed by atoms with van der Waals surface area (Å²) in [5.74, 6) is -0.346. The molecule has 2 aromatic heterocycles. The van der Waals surface area contributed by atoms with Gasteiger partial charge in [-0.25, -0.2) is 4.68 Å². The van der Waals surface area contributed by atoms with Gasteiger partial charge in [0.25, 0.3) is 5.91 Å². The summed E-state index contributed by atoms with van der Waals surface area (Å²) in [5, 5.41) is 9.66. The Morgan fingerprint density at radius 1 is 0.969 bits per heavy atom. The van der Waals surface area contributed by atoms with Crippen LogP contribution in [0.5, 0.6) is 0 Å². The third-order valence-corrected chi connectivity index (χ3v) is 6.45. The molecule has 32 heavy (non-hydrogen) atoms. The maximum Gasteiger partial charge on any atom is 0.273 e. The Bertz CT molecular complexity index is 1220. The molecule has 4 aromatic rings. The molecule has 5 rings (SSSR count). The highest BCUT2D eigenvalue weighted by molar-refractivity contribution is 7.13. The molecule has 1 fully saturated rings. The molecule has 0 saturated carbocycles. The van der Waals surface area contributed by atoms with E-state index in [-0.39, 0.29) is 11.8 Å². The second kappa shape index (κ2) is 8.80. The summed E-state index contributed by atoms with van der Waals surface area (Å²) in [6.07, 6.45) is 1.43. The Balaban J connectivity index is 1.47. The highest BCUT2D eigenvalue weighted by atomic mass is 32.1. The molecule has 6 nitrogen and oxygen atoms in total. The van der Waals surface area contributed by atoms with Crippen molar-refractivity contribution in [3.8, 4) is 16.3 Å². The first kappa shape index (κ1) is 20.2. The van der Waals surface area contributed by atoms with Crippen molar-refractivity contribution >= 4 is 28.8 Å². The fourth-order valence-corrected chi connectivity index (χ4v) is 4.70. The van der Waals surface area contributed by atoms with Gasteiger partial charge in [-0.1, -0.05) is 42.5 Å². The number of amides is 2. The van der Waals surface area contributed by atoms with E-state index < -0.39 is 6.04 Å². The second-order valence-electron chi connectivity index (χ2n) is 7.65. The lowest BCUT2D eigenvalue weighted by atomic mass is 10.2. The zero-order chi connectivity index (χ0) is 21.9. The number of nitrogens with zero attached hydrogens (tertiary/aromatic N) is 3. The van der Waals surface area contributed by atoms with Gasteiger partial charge in [-0.2, -0.15) is 5.10 Å². The predicted molar refractivity (Wildman–Crippen MR) is 126 cm³/mol. The number of carbonyl (C=O) groups excluding carboxylic acids is 2. The number of carbonyl (C=O) groups is 2. The number of thiophene rings is 1. The molecule has 2 aromatic carbocycles. The van der Waals surface area contributed by atoms with E-state index in [4.69, 9.17) is 5.10 Å². The van der Waals surface area contributed by atoms with Crippen molar-refractivity contribution in [1.82, 2.24) is 14.7 Å². The third kappa shape index (κ3) is 3.94. The quantitative estimate of drug-likeness (QED) is 0.481. The van der Waals surface area contributed by atoms with Crippen LogP contribution >= 0.6 is 11.3 Å². The Morgan fingerprint density at radius 3 is 2.44 bits per heavy atom. The lowest BCUT2D eigenvalue weighted by Crippen LogP contribution is -2.43. The smallest absolute Gasteiger partial charge is 0.273 e. The Morgan fingerprint density at radius 2 is 1.72 bits per heavy atom. The average Bonchev–Trinajstić information content (AvgIpc) is 3.60. The number of benzene rings is 2. The van der Waals surface area contributed by atoms with E-state index in [0.717, 1.165) is 28.4 Å². The molecule has 0 unspecified atom stereocenters. The topological polar surface area (TPSA) is 67.2 Å². The largest absolute Gasteiger partial charge is 0.325 e. The normalized spacial score (nSPS) is 15.6. The Labute approximate surface area is 190 Å². The zero-order valence-corrected chi connectivity index (χ0v) is 18.2. The minimum atomic E-state index is -0.507. The number of para-hydroxylation sites is 2. The molecule has 2 amide bonds. The number of hydrogen-bond donors (Lipinski definition) is 1. The van der Waals surface area contributed by atoms with E-state index in [1.807, 2.05) is 84.2 Å². The lowest BCUT2D eigenvalue weighted by Gasteiger charge is -2.24. The van der Waals surface area contributed by atoms with E-state index >= 15 is 0 Å². The number of aromatic nitrogens is 2. The Kier molecular flexibility index (Phi) is 5.56. The number of anilines is 1. The molecule has 1 N–H and O–H groups in total. The van der Waals surface area contributed by atoms with E-state index in [0.29, 0.717) is 18.7 Å². The van der Waals surface area contributed by atoms with Gasteiger partial charge in [0.15, 0.2) is 0 Å². The molecule has 0 bridgehead atoms. The molecule has 7 heteroatoms. The van der Waals surface area contributed by atoms with Crippen LogP contribution in [0.2, 0.25) is 0 Å². The van der Waals surface area contributed by atoms with Crippen LogP contribution in [0.25, 0.3) is 16.3 Å². The van der Waals surface area contributed by atoms with Crippen LogP contribution < -0.4 is 5.32 Å². The number of nitrogens with one attached hydrogen (secondary N) is 1. The molecule has 1 atom stereocenters. The van der Waals surface area contributed by atoms with Crippen LogP contribution in [-0.2, 0) is 4.79 Å². The first-order valence-electron chi connectivity index (χ1n) is 10.6. The van der Waals surface area contributed by atoms with Crippen LogP contribution in [0.15, 0.2) is 84.2 Å². The predicted octanol–water partition coefficient (Wildman–Crippen LogP) is 4.84. The van der Waals surface area contributed by atoms with Crippen LogP contribution in [0.1, 0.15) is 23.3 Å². The molecule has 0 spiro atoms. The van der Waals surface area contributed by atoms with E-state index in [1.54, 1.807) is 20.9 Å². The van der Waals surface area contributed by atoms with Crippen LogP contribution in [0.4, 0.5) is 5.69 Å². The average molecular weight is 443 g/mol. The summed E-state index contributed by atoms with van der Waals surface area (Å²) in [4.78, 5) is 29.3. The lowest BCUT2D eigenvalue weighted by molar-refractivity contribution is -0.119. The van der Waals surface area contributed by atoms with Crippen molar-refractivity contribution in [3.05, 3.63) is 89.9 Å². The molecule has 1 saturated heterocycles. The SMILES string of the molecule is O=C(Nc1ccccc1)[C@@H]1CCCN1C(=O)c1cc(-c2cccs2)nn1-c1ccccc1. The highest BCUT2D eigenvalue weighted by Gasteiger charge is 2.36. The van der Waals surface area contributed by atoms with E-state index in [2.05, 4.69) is 5.32 Å². The maximum absolute atomic E-state index is 13.7. The van der Waals surface area contributed by atoms with Gasteiger partial charge in [0, 0.05) is 12.2 Å². The highest BCUT2D eigenvalue weighted by Crippen LogP contribution is 2.28. The van der Waals surface area contributed by atoms with Crippen molar-refractivity contribution in [3.63, 3.8) is 0 Å². The summed E-state index contributed by atoms with van der Waals surface area (Å²) in [6.45, 7) is 0.542. The number of likely N-dealkylation sites (tertiary alicyclic amines) is 1. The van der Waals surface area contributed by atoms with Crippen LogP contribution in [0, 0.1) is 0 Å². The van der Waals surface area contributed by atoms with E-state index in [9.17, 15) is 9.59 Å². The monoisotopic (exact) mass is 442 g/mol. The molecule has 0 aliphatic carbocycles. The molecule has 1 aliphatic rings. The molecular weight excluding hydrogens is 420 g/mol. The number of rotatable bonds is 5. The van der Waals surface area contributed by atoms with Gasteiger partial charge in [0.05, 0.1) is 10.6 Å². The standard InChI is InChI=1S/C25H22N4O2S/c30-24(26-18-9-3-1-4-10-18)21-13-7-15-28(21)25(31)22-17-20(23-14-8-16-32-23)27-29(22)19-11-5-2-6-12-19/h1-6,8-12,14,16-17,21H,7,13,15H2,(H,26,30)/t21-/m0/s1. The molecular formula is C25H22N4O2S. The maximum atomic E-state index is 13.7. The van der Waals surface area contributed by atoms with Gasteiger partial charge in [0.2, 0.25) is 5.91 Å². The molecule has 1 aliphatic heterocycles. The van der Waals surface area contributed by atoms with Gasteiger partial charge in [0.1, 0.15) is 17.4 Å². The Hall–Kier alpha value is -3.71. The summed E-state index contributed by atoms with van der Waals surface area (Å²) >= 11 is 1.58. The second-order valence-corrected chi connectivity index (χ2v) is 8.60. The summed E-state index contributed by atoms with van der Waals surface area (Å²) in [6, 6.07) is 24.2. The molecule has 3 heterocycles. The van der Waals surface area contributed by atoms with Crippen molar-refractivity contribution in [2.24, 2.45) is 0 Å². The van der Waals surface area contributed by atoms with Gasteiger partial charge in [-0.3, -0.25) is 9.59 Å². The van der Waals surface area contributed by atoms with Gasteiger partial charge in [-0.15, -0.1) is 11.3 Å². The van der Waals surface area contributed by atoms with Crippen molar-refractivity contribution in [2.75, 3.05) is 11.9 Å². The summed E-state index contributed by atoms with van der Waals surface area (Å²) in [5.41, 5.74) is 2.74. The zero-order valence-electron chi connectivity index (χ0n) is 17.3.